The van der Waals surface area contributed by atoms with Crippen LogP contribution in [0.5, 0.6) is 0 Å². The van der Waals surface area contributed by atoms with Crippen molar-refractivity contribution in [2.75, 3.05) is 17.2 Å². The van der Waals surface area contributed by atoms with Gasteiger partial charge in [0.1, 0.15) is 0 Å². The standard InChI is InChI=1S/C25H29N5O2S/c1-4-29-23(22(17(2)3)26-24(32)19-11-6-5-7-12-19)27-28-25(29)33-16-21(31)30-15-14-18-10-8-9-13-20(18)30/h5-13,17,22H,4,14-16H2,1-3H3,(H,26,32)/t22-/m1/s1. The van der Waals surface area contributed by atoms with Crippen molar-refractivity contribution in [3.05, 3.63) is 71.5 Å². The highest BCUT2D eigenvalue weighted by Gasteiger charge is 2.28. The van der Waals surface area contributed by atoms with Gasteiger partial charge in [-0.05, 0) is 43.0 Å². The lowest BCUT2D eigenvalue weighted by atomic mass is 10.0. The Bertz CT molecular complexity index is 1130. The lowest BCUT2D eigenvalue weighted by Gasteiger charge is -2.22. The van der Waals surface area contributed by atoms with Gasteiger partial charge in [-0.3, -0.25) is 9.59 Å². The molecule has 0 aliphatic carbocycles. The maximum absolute atomic E-state index is 12.9. The van der Waals surface area contributed by atoms with Crippen LogP contribution in [0.4, 0.5) is 5.69 Å². The molecule has 0 spiro atoms. The summed E-state index contributed by atoms with van der Waals surface area (Å²) in [5.74, 6) is 1.04. The number of thioether (sulfide) groups is 1. The number of nitrogens with zero attached hydrogens (tertiary/aromatic N) is 4. The second-order valence-electron chi connectivity index (χ2n) is 8.36. The van der Waals surface area contributed by atoms with Crippen molar-refractivity contribution in [3.8, 4) is 0 Å². The Morgan fingerprint density at radius 1 is 1.06 bits per heavy atom. The molecule has 8 heteroatoms. The largest absolute Gasteiger partial charge is 0.342 e. The number of amides is 2. The lowest BCUT2D eigenvalue weighted by Crippen LogP contribution is -2.33. The molecule has 1 aromatic heterocycles. The highest BCUT2D eigenvalue weighted by molar-refractivity contribution is 7.99. The van der Waals surface area contributed by atoms with Crippen molar-refractivity contribution in [2.45, 2.75) is 44.9 Å². The monoisotopic (exact) mass is 463 g/mol. The number of carbonyl (C=O) groups is 2. The van der Waals surface area contributed by atoms with Crippen LogP contribution >= 0.6 is 11.8 Å². The number of aromatic nitrogens is 3. The van der Waals surface area contributed by atoms with Crippen LogP contribution in [-0.2, 0) is 17.8 Å². The summed E-state index contributed by atoms with van der Waals surface area (Å²) in [6, 6.07) is 16.9. The zero-order chi connectivity index (χ0) is 23.4. The zero-order valence-electron chi connectivity index (χ0n) is 19.2. The van der Waals surface area contributed by atoms with Gasteiger partial charge in [-0.15, -0.1) is 10.2 Å². The molecule has 0 radical (unpaired) electrons. The summed E-state index contributed by atoms with van der Waals surface area (Å²) in [6.07, 6.45) is 0.888. The number of hydrogen-bond acceptors (Lipinski definition) is 5. The number of nitrogens with one attached hydrogen (secondary N) is 1. The molecule has 2 aromatic carbocycles. The van der Waals surface area contributed by atoms with Crippen molar-refractivity contribution < 1.29 is 9.59 Å². The average Bonchev–Trinajstić information content (AvgIpc) is 3.45. The van der Waals surface area contributed by atoms with Gasteiger partial charge < -0.3 is 14.8 Å². The number of hydrogen-bond donors (Lipinski definition) is 1. The van der Waals surface area contributed by atoms with E-state index in [2.05, 4.69) is 21.6 Å². The molecule has 0 fully saturated rings. The van der Waals surface area contributed by atoms with Crippen LogP contribution in [0.15, 0.2) is 59.8 Å². The molecule has 1 N–H and O–H groups in total. The third-order valence-corrected chi connectivity index (χ3v) is 6.79. The molecule has 7 nitrogen and oxygen atoms in total. The van der Waals surface area contributed by atoms with Gasteiger partial charge in [-0.1, -0.05) is 62.0 Å². The third kappa shape index (κ3) is 4.95. The first-order chi connectivity index (χ1) is 16.0. The Hall–Kier alpha value is -3.13. The maximum atomic E-state index is 12.9. The number of anilines is 1. The van der Waals surface area contributed by atoms with E-state index in [0.717, 1.165) is 12.1 Å². The van der Waals surface area contributed by atoms with Crippen LogP contribution in [0.25, 0.3) is 0 Å². The minimum Gasteiger partial charge on any atom is -0.342 e. The minimum absolute atomic E-state index is 0.0648. The van der Waals surface area contributed by atoms with Crippen LogP contribution in [0, 0.1) is 5.92 Å². The van der Waals surface area contributed by atoms with E-state index < -0.39 is 0 Å². The first kappa shape index (κ1) is 23.0. The molecule has 0 saturated carbocycles. The molecule has 0 bridgehead atoms. The second kappa shape index (κ2) is 10.2. The van der Waals surface area contributed by atoms with Gasteiger partial charge in [0.2, 0.25) is 5.91 Å². The van der Waals surface area contributed by atoms with Gasteiger partial charge in [-0.2, -0.15) is 0 Å². The van der Waals surface area contributed by atoms with Crippen LogP contribution in [-0.4, -0.2) is 38.9 Å². The third-order valence-electron chi connectivity index (χ3n) is 5.84. The van der Waals surface area contributed by atoms with Gasteiger partial charge in [0.25, 0.3) is 5.91 Å². The summed E-state index contributed by atoms with van der Waals surface area (Å²) in [5.41, 5.74) is 2.82. The Balaban J connectivity index is 1.47. The first-order valence-electron chi connectivity index (χ1n) is 11.3. The average molecular weight is 464 g/mol. The maximum Gasteiger partial charge on any atom is 0.251 e. The van der Waals surface area contributed by atoms with E-state index in [1.807, 2.05) is 66.6 Å². The molecule has 0 saturated heterocycles. The Morgan fingerprint density at radius 2 is 1.79 bits per heavy atom. The minimum atomic E-state index is -0.291. The predicted molar refractivity (Wildman–Crippen MR) is 130 cm³/mol. The van der Waals surface area contributed by atoms with Crippen molar-refractivity contribution in [1.29, 1.82) is 0 Å². The van der Waals surface area contributed by atoms with Crippen molar-refractivity contribution in [1.82, 2.24) is 20.1 Å². The van der Waals surface area contributed by atoms with Crippen LogP contribution in [0.3, 0.4) is 0 Å². The highest BCUT2D eigenvalue weighted by Crippen LogP contribution is 2.30. The van der Waals surface area contributed by atoms with Gasteiger partial charge in [0.05, 0.1) is 11.8 Å². The summed E-state index contributed by atoms with van der Waals surface area (Å²) >= 11 is 1.39. The fourth-order valence-corrected chi connectivity index (χ4v) is 4.96. The van der Waals surface area contributed by atoms with Gasteiger partial charge in [0.15, 0.2) is 11.0 Å². The number of benzene rings is 2. The van der Waals surface area contributed by atoms with Crippen LogP contribution in [0.1, 0.15) is 48.6 Å². The zero-order valence-corrected chi connectivity index (χ0v) is 20.0. The quantitative estimate of drug-likeness (QED) is 0.509. The number of rotatable bonds is 8. The summed E-state index contributed by atoms with van der Waals surface area (Å²) in [4.78, 5) is 27.6. The molecule has 1 aliphatic heterocycles. The summed E-state index contributed by atoms with van der Waals surface area (Å²) < 4.78 is 1.99. The van der Waals surface area contributed by atoms with Crippen LogP contribution in [0.2, 0.25) is 0 Å². The molecule has 33 heavy (non-hydrogen) atoms. The number of fused-ring (bicyclic) bond motifs is 1. The smallest absolute Gasteiger partial charge is 0.251 e. The van der Waals surface area contributed by atoms with E-state index >= 15 is 0 Å². The molecule has 0 unspecified atom stereocenters. The molecule has 1 atom stereocenters. The van der Waals surface area contributed by atoms with E-state index in [1.54, 1.807) is 12.1 Å². The van der Waals surface area contributed by atoms with Crippen molar-refractivity contribution in [3.63, 3.8) is 0 Å². The molecule has 172 valence electrons. The van der Waals surface area contributed by atoms with E-state index in [-0.39, 0.29) is 29.5 Å². The molecule has 2 amide bonds. The van der Waals surface area contributed by atoms with Crippen LogP contribution < -0.4 is 10.2 Å². The number of para-hydroxylation sites is 1. The fourth-order valence-electron chi connectivity index (χ4n) is 4.08. The molecule has 3 aromatic rings. The Labute approximate surface area is 198 Å². The molecular formula is C25H29N5O2S. The van der Waals surface area contributed by atoms with Gasteiger partial charge in [-0.25, -0.2) is 0 Å². The van der Waals surface area contributed by atoms with Crippen molar-refractivity contribution >= 4 is 29.3 Å². The predicted octanol–water partition coefficient (Wildman–Crippen LogP) is 4.11. The lowest BCUT2D eigenvalue weighted by molar-refractivity contribution is -0.116. The molecule has 2 heterocycles. The van der Waals surface area contributed by atoms with E-state index in [1.165, 1.54) is 17.3 Å². The fraction of sp³-hybridized carbons (Fsp3) is 0.360. The summed E-state index contributed by atoms with van der Waals surface area (Å²) in [5, 5.41) is 12.6. The topological polar surface area (TPSA) is 80.1 Å². The second-order valence-corrected chi connectivity index (χ2v) is 9.30. The molecule has 1 aliphatic rings. The summed E-state index contributed by atoms with van der Waals surface area (Å²) in [6.45, 7) is 7.48. The normalized spacial score (nSPS) is 13.8. The summed E-state index contributed by atoms with van der Waals surface area (Å²) in [7, 11) is 0. The highest BCUT2D eigenvalue weighted by atomic mass is 32.2. The molecule has 4 rings (SSSR count). The Morgan fingerprint density at radius 3 is 2.52 bits per heavy atom. The van der Waals surface area contributed by atoms with Gasteiger partial charge >= 0.3 is 0 Å². The Kier molecular flexibility index (Phi) is 7.13. The molecular weight excluding hydrogens is 434 g/mol. The van der Waals surface area contributed by atoms with E-state index in [9.17, 15) is 9.59 Å². The van der Waals surface area contributed by atoms with Gasteiger partial charge in [0, 0.05) is 24.3 Å². The SMILES string of the molecule is CCn1c(SCC(=O)N2CCc3ccccc32)nnc1[C@H](NC(=O)c1ccccc1)C(C)C. The first-order valence-corrected chi connectivity index (χ1v) is 12.3. The van der Waals surface area contributed by atoms with E-state index in [0.29, 0.717) is 29.6 Å². The number of carbonyl (C=O) groups excluding carboxylic acids is 2. The van der Waals surface area contributed by atoms with Crippen molar-refractivity contribution in [2.24, 2.45) is 5.92 Å². The van der Waals surface area contributed by atoms with E-state index in [4.69, 9.17) is 0 Å².